The minimum absolute atomic E-state index is 0.197. The molecule has 0 fully saturated rings. The van der Waals surface area contributed by atoms with E-state index >= 15 is 0 Å². The van der Waals surface area contributed by atoms with E-state index in [1.165, 1.54) is 28.5 Å². The van der Waals surface area contributed by atoms with Gasteiger partial charge in [-0.3, -0.25) is 0 Å². The van der Waals surface area contributed by atoms with E-state index in [-0.39, 0.29) is 5.41 Å². The molecule has 19 heavy (non-hydrogen) atoms. The summed E-state index contributed by atoms with van der Waals surface area (Å²) in [5, 5.41) is 10.8. The third-order valence-electron chi connectivity index (χ3n) is 3.64. The Morgan fingerprint density at radius 1 is 1.32 bits per heavy atom. The Morgan fingerprint density at radius 3 is 2.53 bits per heavy atom. The van der Waals surface area contributed by atoms with Gasteiger partial charge < -0.3 is 0 Å². The molecule has 0 bridgehead atoms. The third-order valence-corrected chi connectivity index (χ3v) is 4.21. The Morgan fingerprint density at radius 2 is 2.00 bits per heavy atom. The largest absolute Gasteiger partial charge is 0.185 e. The highest BCUT2D eigenvalue weighted by molar-refractivity contribution is 8.03. The van der Waals surface area contributed by atoms with Gasteiger partial charge in [0.15, 0.2) is 0 Å². The molecule has 0 saturated carbocycles. The number of hydrogen-bond acceptors (Lipinski definition) is 2. The van der Waals surface area contributed by atoms with E-state index in [1.54, 1.807) is 0 Å². The van der Waals surface area contributed by atoms with Gasteiger partial charge in [0, 0.05) is 5.75 Å². The van der Waals surface area contributed by atoms with Gasteiger partial charge in [-0.05, 0) is 52.6 Å². The van der Waals surface area contributed by atoms with Crippen LogP contribution in [0.3, 0.4) is 0 Å². The summed E-state index contributed by atoms with van der Waals surface area (Å²) < 4.78 is 0. The summed E-state index contributed by atoms with van der Waals surface area (Å²) >= 11 is 1.36. The maximum atomic E-state index is 8.61. The summed E-state index contributed by atoms with van der Waals surface area (Å²) in [5.74, 6) is 1.44. The fourth-order valence-corrected chi connectivity index (χ4v) is 2.84. The van der Waals surface area contributed by atoms with Gasteiger partial charge in [0.1, 0.15) is 5.40 Å². The number of nitriles is 1. The van der Waals surface area contributed by atoms with Crippen molar-refractivity contribution in [3.63, 3.8) is 0 Å². The Balaban J connectivity index is 2.99. The molecule has 1 aromatic rings. The van der Waals surface area contributed by atoms with Gasteiger partial charge in [-0.1, -0.05) is 52.8 Å². The lowest BCUT2D eigenvalue weighted by Gasteiger charge is -2.23. The van der Waals surface area contributed by atoms with Gasteiger partial charge >= 0.3 is 0 Å². The van der Waals surface area contributed by atoms with Crippen LogP contribution in [-0.2, 0) is 11.8 Å². The van der Waals surface area contributed by atoms with Crippen molar-refractivity contribution in [2.75, 3.05) is 5.75 Å². The molecular formula is C17H25NS. The molecule has 1 atom stereocenters. The molecule has 0 spiro atoms. The second-order valence-corrected chi connectivity index (χ2v) is 7.03. The molecule has 1 aromatic carbocycles. The second-order valence-electron chi connectivity index (χ2n) is 6.15. The monoisotopic (exact) mass is 275 g/mol. The van der Waals surface area contributed by atoms with Crippen LogP contribution in [0.4, 0.5) is 0 Å². The van der Waals surface area contributed by atoms with Crippen LogP contribution in [0.25, 0.3) is 0 Å². The van der Waals surface area contributed by atoms with Crippen LogP contribution in [0, 0.1) is 10.7 Å². The molecule has 0 saturated heterocycles. The number of thiocyanates is 1. The molecule has 0 amide bonds. The van der Waals surface area contributed by atoms with Crippen LogP contribution in [0.15, 0.2) is 18.2 Å². The third kappa shape index (κ3) is 4.58. The molecule has 0 heterocycles. The lowest BCUT2D eigenvalue weighted by molar-refractivity contribution is 0.586. The van der Waals surface area contributed by atoms with Crippen molar-refractivity contribution in [1.29, 1.82) is 5.26 Å². The first kappa shape index (κ1) is 16.1. The van der Waals surface area contributed by atoms with Crippen molar-refractivity contribution >= 4 is 11.8 Å². The SMILES string of the molecule is CCc1ccc(C(C)(C)C)cc1C(C)CCSC#N. The smallest absolute Gasteiger partial charge is 0.133 e. The van der Waals surface area contributed by atoms with E-state index in [2.05, 4.69) is 58.2 Å². The maximum absolute atomic E-state index is 8.61. The summed E-state index contributed by atoms with van der Waals surface area (Å²) in [7, 11) is 0. The Labute approximate surface area is 122 Å². The van der Waals surface area contributed by atoms with Gasteiger partial charge in [-0.15, -0.1) is 0 Å². The summed E-state index contributed by atoms with van der Waals surface area (Å²) in [5.41, 5.74) is 4.51. The minimum atomic E-state index is 0.197. The predicted octanol–water partition coefficient (Wildman–Crippen LogP) is 5.25. The molecule has 1 rings (SSSR count). The zero-order chi connectivity index (χ0) is 14.5. The molecular weight excluding hydrogens is 250 g/mol. The zero-order valence-electron chi connectivity index (χ0n) is 12.8. The molecule has 0 N–H and O–H groups in total. The Kier molecular flexibility index (Phi) is 5.94. The highest BCUT2D eigenvalue weighted by Gasteiger charge is 2.17. The molecule has 104 valence electrons. The molecule has 2 heteroatoms. The Hall–Kier alpha value is -0.940. The maximum Gasteiger partial charge on any atom is 0.133 e. The molecule has 0 aliphatic rings. The van der Waals surface area contributed by atoms with Crippen LogP contribution in [-0.4, -0.2) is 5.75 Å². The quantitative estimate of drug-likeness (QED) is 0.541. The van der Waals surface area contributed by atoms with Crippen molar-refractivity contribution in [3.8, 4) is 5.40 Å². The molecule has 0 radical (unpaired) electrons. The highest BCUT2D eigenvalue weighted by Crippen LogP contribution is 2.30. The minimum Gasteiger partial charge on any atom is -0.185 e. The van der Waals surface area contributed by atoms with Crippen LogP contribution >= 0.6 is 11.8 Å². The first-order chi connectivity index (χ1) is 8.90. The lowest BCUT2D eigenvalue weighted by atomic mass is 9.82. The van der Waals surface area contributed by atoms with E-state index in [1.807, 2.05) is 0 Å². The van der Waals surface area contributed by atoms with E-state index in [0.717, 1.165) is 18.6 Å². The number of hydrogen-bond donors (Lipinski definition) is 0. The van der Waals surface area contributed by atoms with Crippen LogP contribution < -0.4 is 0 Å². The van der Waals surface area contributed by atoms with E-state index in [9.17, 15) is 0 Å². The standard InChI is InChI=1S/C17H25NS/c1-6-14-7-8-15(17(3,4)5)11-16(14)13(2)9-10-19-12-18/h7-8,11,13H,6,9-10H2,1-5H3. The summed E-state index contributed by atoms with van der Waals surface area (Å²) in [6.45, 7) is 11.3. The first-order valence-electron chi connectivity index (χ1n) is 7.04. The van der Waals surface area contributed by atoms with Crippen molar-refractivity contribution in [2.45, 2.75) is 58.8 Å². The van der Waals surface area contributed by atoms with Crippen molar-refractivity contribution in [3.05, 3.63) is 34.9 Å². The fourth-order valence-electron chi connectivity index (χ4n) is 2.28. The van der Waals surface area contributed by atoms with Crippen LogP contribution in [0.5, 0.6) is 0 Å². The molecule has 1 unspecified atom stereocenters. The van der Waals surface area contributed by atoms with Crippen LogP contribution in [0.1, 0.15) is 63.6 Å². The van der Waals surface area contributed by atoms with Gasteiger partial charge in [-0.2, -0.15) is 5.26 Å². The van der Waals surface area contributed by atoms with Crippen LogP contribution in [0.2, 0.25) is 0 Å². The van der Waals surface area contributed by atoms with Crippen molar-refractivity contribution in [2.24, 2.45) is 0 Å². The number of nitrogens with zero attached hydrogens (tertiary/aromatic N) is 1. The zero-order valence-corrected chi connectivity index (χ0v) is 13.6. The second kappa shape index (κ2) is 7.01. The highest BCUT2D eigenvalue weighted by atomic mass is 32.2. The average molecular weight is 275 g/mol. The van der Waals surface area contributed by atoms with Gasteiger partial charge in [0.2, 0.25) is 0 Å². The molecule has 1 nitrogen and oxygen atoms in total. The normalized spacial score (nSPS) is 13.1. The van der Waals surface area contributed by atoms with Crippen molar-refractivity contribution < 1.29 is 0 Å². The summed E-state index contributed by atoms with van der Waals surface area (Å²) in [6, 6.07) is 6.92. The van der Waals surface area contributed by atoms with Gasteiger partial charge in [-0.25, -0.2) is 0 Å². The number of benzene rings is 1. The van der Waals surface area contributed by atoms with Crippen molar-refractivity contribution in [1.82, 2.24) is 0 Å². The molecule has 0 aliphatic carbocycles. The molecule has 0 aliphatic heterocycles. The lowest BCUT2D eigenvalue weighted by Crippen LogP contribution is -2.13. The van der Waals surface area contributed by atoms with E-state index in [0.29, 0.717) is 5.92 Å². The Bertz CT molecular complexity index is 451. The predicted molar refractivity (Wildman–Crippen MR) is 85.6 cm³/mol. The fraction of sp³-hybridized carbons (Fsp3) is 0.588. The number of rotatable bonds is 5. The number of aryl methyl sites for hydroxylation is 1. The van der Waals surface area contributed by atoms with E-state index in [4.69, 9.17) is 5.26 Å². The number of thioether (sulfide) groups is 1. The summed E-state index contributed by atoms with van der Waals surface area (Å²) in [4.78, 5) is 0. The van der Waals surface area contributed by atoms with Gasteiger partial charge in [0.25, 0.3) is 0 Å². The summed E-state index contributed by atoms with van der Waals surface area (Å²) in [6.07, 6.45) is 2.15. The topological polar surface area (TPSA) is 23.8 Å². The first-order valence-corrected chi connectivity index (χ1v) is 8.02. The average Bonchev–Trinajstić information content (AvgIpc) is 2.37. The van der Waals surface area contributed by atoms with E-state index < -0.39 is 0 Å². The molecule has 0 aromatic heterocycles. The van der Waals surface area contributed by atoms with Gasteiger partial charge in [0.05, 0.1) is 0 Å².